The third-order valence-corrected chi connectivity index (χ3v) is 3.92. The van der Waals surface area contributed by atoms with E-state index in [1.54, 1.807) is 6.20 Å². The zero-order valence-corrected chi connectivity index (χ0v) is 11.8. The Kier molecular flexibility index (Phi) is 3.15. The normalized spacial score (nSPS) is 21.3. The Balaban J connectivity index is 2.30. The molecule has 1 saturated heterocycles. The zero-order valence-electron chi connectivity index (χ0n) is 11.8. The molecule has 0 unspecified atom stereocenters. The fraction of sp³-hybridized carbons (Fsp3) is 0.615. The maximum atomic E-state index is 5.96. The van der Waals surface area contributed by atoms with Crippen LogP contribution in [0.1, 0.15) is 40.2 Å². The third kappa shape index (κ3) is 2.13. The second kappa shape index (κ2) is 4.25. The highest BCUT2D eigenvalue weighted by Gasteiger charge is 2.52. The van der Waals surface area contributed by atoms with Gasteiger partial charge in [0.15, 0.2) is 0 Å². The molecular formula is C13H21BN2O2. The highest BCUT2D eigenvalue weighted by molar-refractivity contribution is 6.61. The number of nitrogens with zero attached hydrogens (tertiary/aromatic N) is 1. The van der Waals surface area contributed by atoms with Gasteiger partial charge in [-0.1, -0.05) is 6.92 Å². The molecule has 1 aliphatic rings. The van der Waals surface area contributed by atoms with Crippen LogP contribution in [0.2, 0.25) is 0 Å². The summed E-state index contributed by atoms with van der Waals surface area (Å²) < 4.78 is 11.9. The lowest BCUT2D eigenvalue weighted by Crippen LogP contribution is -2.41. The third-order valence-electron chi connectivity index (χ3n) is 3.92. The average molecular weight is 248 g/mol. The molecule has 0 saturated carbocycles. The lowest BCUT2D eigenvalue weighted by molar-refractivity contribution is 0.00578. The summed E-state index contributed by atoms with van der Waals surface area (Å²) in [7, 11) is -0.416. The summed E-state index contributed by atoms with van der Waals surface area (Å²) in [4.78, 5) is 4.32. The van der Waals surface area contributed by atoms with Crippen molar-refractivity contribution in [3.8, 4) is 0 Å². The van der Waals surface area contributed by atoms with Crippen LogP contribution < -0.4 is 11.3 Å². The summed E-state index contributed by atoms with van der Waals surface area (Å²) in [5.74, 6) is 0. The number of rotatable bonds is 2. The van der Waals surface area contributed by atoms with Crippen molar-refractivity contribution in [2.75, 3.05) is 5.73 Å². The number of hydrogen-bond acceptors (Lipinski definition) is 4. The van der Waals surface area contributed by atoms with Gasteiger partial charge in [0, 0.05) is 6.20 Å². The highest BCUT2D eigenvalue weighted by atomic mass is 16.7. The molecule has 0 atom stereocenters. The first-order valence-electron chi connectivity index (χ1n) is 6.37. The van der Waals surface area contributed by atoms with Crippen molar-refractivity contribution in [1.82, 2.24) is 4.98 Å². The van der Waals surface area contributed by atoms with Crippen LogP contribution in [0.25, 0.3) is 0 Å². The molecule has 18 heavy (non-hydrogen) atoms. The minimum Gasteiger partial charge on any atom is -0.398 e. The molecule has 5 heteroatoms. The van der Waals surface area contributed by atoms with E-state index in [0.29, 0.717) is 0 Å². The van der Waals surface area contributed by atoms with Crippen molar-refractivity contribution in [1.29, 1.82) is 0 Å². The zero-order chi connectivity index (χ0) is 13.6. The molecule has 0 spiro atoms. The minimum atomic E-state index is -0.416. The molecule has 0 amide bonds. The fourth-order valence-electron chi connectivity index (χ4n) is 1.92. The molecule has 2 rings (SSSR count). The standard InChI is InChI=1S/C13H21BN2O2/c1-6-9-7-11(16-8-10(9)15)14-17-12(2,3)13(4,5)18-14/h7-8H,6,15H2,1-5H3. The molecule has 2 heterocycles. The summed E-state index contributed by atoms with van der Waals surface area (Å²) in [6, 6.07) is 1.97. The summed E-state index contributed by atoms with van der Waals surface area (Å²) >= 11 is 0. The van der Waals surface area contributed by atoms with Crippen LogP contribution in [0, 0.1) is 0 Å². The number of hydrogen-bond donors (Lipinski definition) is 1. The molecule has 1 aromatic rings. The molecular weight excluding hydrogens is 227 g/mol. The van der Waals surface area contributed by atoms with Gasteiger partial charge in [-0.05, 0) is 45.7 Å². The number of anilines is 1. The Bertz CT molecular complexity index is 444. The Morgan fingerprint density at radius 1 is 1.22 bits per heavy atom. The van der Waals surface area contributed by atoms with Crippen LogP contribution in [-0.4, -0.2) is 23.3 Å². The van der Waals surface area contributed by atoms with Crippen LogP contribution in [0.3, 0.4) is 0 Å². The van der Waals surface area contributed by atoms with Gasteiger partial charge in [0.25, 0.3) is 0 Å². The van der Waals surface area contributed by atoms with Crippen molar-refractivity contribution >= 4 is 18.4 Å². The summed E-state index contributed by atoms with van der Waals surface area (Å²) in [6.07, 6.45) is 2.56. The second-order valence-electron chi connectivity index (χ2n) is 5.75. The predicted molar refractivity (Wildman–Crippen MR) is 73.7 cm³/mol. The number of nitrogens with two attached hydrogens (primary N) is 1. The van der Waals surface area contributed by atoms with Crippen LogP contribution in [0.4, 0.5) is 5.69 Å². The van der Waals surface area contributed by atoms with Crippen molar-refractivity contribution < 1.29 is 9.31 Å². The van der Waals surface area contributed by atoms with Crippen molar-refractivity contribution in [3.05, 3.63) is 17.8 Å². The van der Waals surface area contributed by atoms with Gasteiger partial charge in [0.1, 0.15) is 0 Å². The predicted octanol–water partition coefficient (Wildman–Crippen LogP) is 1.53. The van der Waals surface area contributed by atoms with E-state index in [9.17, 15) is 0 Å². The molecule has 2 N–H and O–H groups in total. The van der Waals surface area contributed by atoms with Gasteiger partial charge in [0.05, 0.1) is 22.5 Å². The number of pyridine rings is 1. The molecule has 1 aliphatic heterocycles. The van der Waals surface area contributed by atoms with Gasteiger partial charge >= 0.3 is 7.12 Å². The van der Waals surface area contributed by atoms with E-state index in [1.165, 1.54) is 0 Å². The average Bonchev–Trinajstić information content (AvgIpc) is 2.49. The first-order valence-corrected chi connectivity index (χ1v) is 6.37. The molecule has 0 aromatic carbocycles. The van der Waals surface area contributed by atoms with Crippen LogP contribution in [0.5, 0.6) is 0 Å². The van der Waals surface area contributed by atoms with E-state index in [4.69, 9.17) is 15.0 Å². The first kappa shape index (κ1) is 13.4. The molecule has 0 bridgehead atoms. The highest BCUT2D eigenvalue weighted by Crippen LogP contribution is 2.36. The van der Waals surface area contributed by atoms with Gasteiger partial charge in [0.2, 0.25) is 0 Å². The van der Waals surface area contributed by atoms with Gasteiger partial charge in [-0.2, -0.15) is 0 Å². The summed E-state index contributed by atoms with van der Waals surface area (Å²) in [6.45, 7) is 10.2. The molecule has 98 valence electrons. The topological polar surface area (TPSA) is 57.4 Å². The minimum absolute atomic E-state index is 0.340. The lowest BCUT2D eigenvalue weighted by Gasteiger charge is -2.32. The van der Waals surface area contributed by atoms with Gasteiger partial charge in [-0.15, -0.1) is 0 Å². The first-order chi connectivity index (χ1) is 8.27. The molecule has 1 aromatic heterocycles. The number of nitrogen functional groups attached to an aromatic ring is 1. The summed E-state index contributed by atoms with van der Waals surface area (Å²) in [5, 5.41) is 0. The van der Waals surface area contributed by atoms with Gasteiger partial charge in [-0.25, -0.2) is 0 Å². The van der Waals surface area contributed by atoms with E-state index in [2.05, 4.69) is 11.9 Å². The number of aryl methyl sites for hydroxylation is 1. The molecule has 0 radical (unpaired) electrons. The molecule has 1 fully saturated rings. The van der Waals surface area contributed by atoms with Crippen molar-refractivity contribution in [3.63, 3.8) is 0 Å². The van der Waals surface area contributed by atoms with Crippen LogP contribution in [0.15, 0.2) is 12.3 Å². The van der Waals surface area contributed by atoms with E-state index < -0.39 is 7.12 Å². The van der Waals surface area contributed by atoms with E-state index in [1.807, 2.05) is 33.8 Å². The molecule has 0 aliphatic carbocycles. The van der Waals surface area contributed by atoms with Crippen LogP contribution >= 0.6 is 0 Å². The van der Waals surface area contributed by atoms with Crippen LogP contribution in [-0.2, 0) is 15.7 Å². The van der Waals surface area contributed by atoms with Crippen molar-refractivity contribution in [2.24, 2.45) is 0 Å². The number of aromatic nitrogens is 1. The largest absolute Gasteiger partial charge is 0.514 e. The summed E-state index contributed by atoms with van der Waals surface area (Å²) in [5.41, 5.74) is 7.77. The van der Waals surface area contributed by atoms with Gasteiger partial charge in [-0.3, -0.25) is 4.98 Å². The Labute approximate surface area is 109 Å². The maximum Gasteiger partial charge on any atom is 0.514 e. The Morgan fingerprint density at radius 2 is 1.78 bits per heavy atom. The van der Waals surface area contributed by atoms with E-state index >= 15 is 0 Å². The monoisotopic (exact) mass is 248 g/mol. The van der Waals surface area contributed by atoms with Gasteiger partial charge < -0.3 is 15.0 Å². The smallest absolute Gasteiger partial charge is 0.398 e. The second-order valence-corrected chi connectivity index (χ2v) is 5.75. The van der Waals surface area contributed by atoms with E-state index in [-0.39, 0.29) is 11.2 Å². The lowest BCUT2D eigenvalue weighted by atomic mass is 9.83. The SMILES string of the molecule is CCc1cc(B2OC(C)(C)C(C)(C)O2)ncc1N. The Hall–Kier alpha value is -1.07. The Morgan fingerprint density at radius 3 is 2.28 bits per heavy atom. The molecule has 4 nitrogen and oxygen atoms in total. The fourth-order valence-corrected chi connectivity index (χ4v) is 1.92. The van der Waals surface area contributed by atoms with E-state index in [0.717, 1.165) is 23.3 Å². The quantitative estimate of drug-likeness (QED) is 0.806. The van der Waals surface area contributed by atoms with Crippen molar-refractivity contribution in [2.45, 2.75) is 52.2 Å². The maximum absolute atomic E-state index is 5.96.